The molecule has 0 spiro atoms. The van der Waals surface area contributed by atoms with Gasteiger partial charge in [-0.15, -0.1) is 3.97 Å². The second-order valence-electron chi connectivity index (χ2n) is 9.63. The molecule has 202 valence electrons. The van der Waals surface area contributed by atoms with E-state index in [1.54, 1.807) is 36.6 Å². The molecule has 0 radical (unpaired) electrons. The van der Waals surface area contributed by atoms with Gasteiger partial charge >= 0.3 is 0 Å². The highest BCUT2D eigenvalue weighted by Crippen LogP contribution is 2.36. The number of ketones is 1. The zero-order valence-electron chi connectivity index (χ0n) is 21.6. The fraction of sp³-hybridized carbons (Fsp3) is 0.286. The molecule has 2 aromatic carbocycles. The zero-order valence-corrected chi connectivity index (χ0v) is 23.2. The van der Waals surface area contributed by atoms with Gasteiger partial charge in [-0.1, -0.05) is 53.6 Å². The smallest absolute Gasteiger partial charge is 0.299 e. The number of rotatable bonds is 8. The quantitative estimate of drug-likeness (QED) is 0.131. The summed E-state index contributed by atoms with van der Waals surface area (Å²) in [6.45, 7) is 3.84. The van der Waals surface area contributed by atoms with Crippen LogP contribution in [0, 0.1) is 10.1 Å². The first-order valence-electron chi connectivity index (χ1n) is 12.6. The van der Waals surface area contributed by atoms with Crippen LogP contribution in [-0.4, -0.2) is 58.3 Å². The van der Waals surface area contributed by atoms with Gasteiger partial charge in [-0.05, 0) is 30.7 Å². The van der Waals surface area contributed by atoms with Gasteiger partial charge < -0.3 is 9.11 Å². The molecule has 1 fully saturated rings. The van der Waals surface area contributed by atoms with Crippen LogP contribution in [0.2, 0.25) is 0 Å². The zero-order chi connectivity index (χ0) is 27.7. The molecule has 1 saturated heterocycles. The average Bonchev–Trinajstić information content (AvgIpc) is 3.32. The molecule has 1 aliphatic rings. The molecule has 2 unspecified atom stereocenters. The van der Waals surface area contributed by atoms with Gasteiger partial charge in [0.25, 0.3) is 5.69 Å². The maximum Gasteiger partial charge on any atom is 0.299 e. The number of nitro groups is 1. The molecule has 0 saturated carbocycles. The summed E-state index contributed by atoms with van der Waals surface area (Å²) >= 11 is -2.51. The van der Waals surface area contributed by atoms with Crippen LogP contribution in [0.5, 0.6) is 0 Å². The molecule has 5 rings (SSSR count). The Morgan fingerprint density at radius 3 is 2.33 bits per heavy atom. The minimum absolute atomic E-state index is 0.0527. The fourth-order valence-electron chi connectivity index (χ4n) is 5.07. The molecule has 1 aliphatic heterocycles. The van der Waals surface area contributed by atoms with Crippen LogP contribution >= 0.6 is 0 Å². The number of hydrogen-bond donors (Lipinski definition) is 0. The van der Waals surface area contributed by atoms with Crippen molar-refractivity contribution in [2.24, 2.45) is 0 Å². The number of likely N-dealkylation sites (tertiary alicyclic amines) is 1. The summed E-state index contributed by atoms with van der Waals surface area (Å²) in [5, 5.41) is 12.2. The highest BCUT2D eigenvalue weighted by atomic mass is 32.2. The normalized spacial score (nSPS) is 16.3. The van der Waals surface area contributed by atoms with Crippen molar-refractivity contribution in [3.05, 3.63) is 88.1 Å². The Labute approximate surface area is 232 Å². The molecule has 39 heavy (non-hydrogen) atoms. The maximum atomic E-state index is 13.8. The number of aromatic nitrogens is 2. The summed E-state index contributed by atoms with van der Waals surface area (Å²) in [7, 11) is 0. The van der Waals surface area contributed by atoms with Crippen LogP contribution < -0.4 is 0 Å². The second kappa shape index (κ2) is 11.5. The van der Waals surface area contributed by atoms with Crippen LogP contribution in [0.3, 0.4) is 0 Å². The topological polar surface area (TPSA) is 127 Å². The van der Waals surface area contributed by atoms with Crippen molar-refractivity contribution in [2.45, 2.75) is 36.5 Å². The Kier molecular flexibility index (Phi) is 8.06. The van der Waals surface area contributed by atoms with E-state index in [4.69, 9.17) is 0 Å². The minimum Gasteiger partial charge on any atom is -0.616 e. The molecule has 11 heteroatoms. The number of Topliss-reactive ketones (excluding diaryl/α,β-unsaturated/α-hetero) is 1. The molecule has 0 amide bonds. The van der Waals surface area contributed by atoms with Gasteiger partial charge in [0.15, 0.2) is 16.3 Å². The van der Waals surface area contributed by atoms with Crippen molar-refractivity contribution in [1.29, 1.82) is 0 Å². The van der Waals surface area contributed by atoms with E-state index in [0.29, 0.717) is 10.6 Å². The maximum absolute atomic E-state index is 13.8. The van der Waals surface area contributed by atoms with Crippen molar-refractivity contribution in [3.8, 4) is 11.3 Å². The number of fused-ring (bicyclic) bond motifs is 1. The summed E-state index contributed by atoms with van der Waals surface area (Å²) in [5.74, 6) is -0.464. The first-order valence-corrected chi connectivity index (χ1v) is 15.3. The van der Waals surface area contributed by atoms with Crippen molar-refractivity contribution >= 4 is 45.0 Å². The molecule has 0 N–H and O–H groups in total. The fourth-order valence-corrected chi connectivity index (χ4v) is 7.19. The molecular formula is C28H28N4O5S2. The molecule has 2 atom stereocenters. The average molecular weight is 565 g/mol. The van der Waals surface area contributed by atoms with Crippen LogP contribution in [0.4, 0.5) is 5.69 Å². The minimum atomic E-state index is -1.72. The Balaban J connectivity index is 1.54. The first-order chi connectivity index (χ1) is 18.7. The summed E-state index contributed by atoms with van der Waals surface area (Å²) in [5.41, 5.74) is 2.21. The summed E-state index contributed by atoms with van der Waals surface area (Å²) in [6, 6.07) is 18.4. The van der Waals surface area contributed by atoms with E-state index in [-0.39, 0.29) is 27.5 Å². The Hall–Kier alpha value is -3.22. The van der Waals surface area contributed by atoms with Gasteiger partial charge in [0.1, 0.15) is 34.1 Å². The van der Waals surface area contributed by atoms with Crippen LogP contribution in [0.25, 0.3) is 22.3 Å². The van der Waals surface area contributed by atoms with Crippen LogP contribution in [0.1, 0.15) is 35.7 Å². The summed E-state index contributed by atoms with van der Waals surface area (Å²) in [6.07, 6.45) is 4.67. The van der Waals surface area contributed by atoms with Gasteiger partial charge in [0.05, 0.1) is 11.2 Å². The predicted molar refractivity (Wildman–Crippen MR) is 152 cm³/mol. The SMILES string of the molecule is CC(=O)c1c([N+](=O)[O-])cnc2c1cc(-c1ccc(CN3CCC([S+](C)[O-])CC3)cc1)n2[S+]([O-])c1ccccc1. The highest BCUT2D eigenvalue weighted by Gasteiger charge is 2.30. The lowest BCUT2D eigenvalue weighted by molar-refractivity contribution is -0.385. The third kappa shape index (κ3) is 5.59. The highest BCUT2D eigenvalue weighted by molar-refractivity contribution is 7.91. The van der Waals surface area contributed by atoms with Crippen LogP contribution in [0.15, 0.2) is 71.8 Å². The molecule has 9 nitrogen and oxygen atoms in total. The van der Waals surface area contributed by atoms with Crippen molar-refractivity contribution in [2.75, 3.05) is 19.3 Å². The van der Waals surface area contributed by atoms with E-state index in [0.717, 1.165) is 49.8 Å². The molecule has 4 aromatic rings. The monoisotopic (exact) mass is 564 g/mol. The van der Waals surface area contributed by atoms with Gasteiger partial charge in [-0.25, -0.2) is 4.98 Å². The predicted octanol–water partition coefficient (Wildman–Crippen LogP) is 4.73. The standard InChI is InChI=1S/C28H28N4O5S2/c1-19(33)27-24-16-25(21-10-8-20(9-11-21)18-30-14-12-22(13-15-30)38(2)36)31(28(24)29-17-26(27)32(34)35)39(37)23-6-4-3-5-7-23/h3-11,16-17,22H,12-15,18H2,1-2H3. The molecule has 2 aromatic heterocycles. The molecule has 0 bridgehead atoms. The number of nitrogens with zero attached hydrogens (tertiary/aromatic N) is 4. The Morgan fingerprint density at radius 2 is 1.74 bits per heavy atom. The van der Waals surface area contributed by atoms with Crippen molar-refractivity contribution < 1.29 is 18.8 Å². The van der Waals surface area contributed by atoms with E-state index >= 15 is 0 Å². The van der Waals surface area contributed by atoms with Crippen LogP contribution in [-0.2, 0) is 29.1 Å². The second-order valence-corrected chi connectivity index (χ2v) is 12.6. The lowest BCUT2D eigenvalue weighted by Gasteiger charge is -2.31. The number of carbonyl (C=O) groups is 1. The number of benzene rings is 2. The summed E-state index contributed by atoms with van der Waals surface area (Å²) in [4.78, 5) is 30.8. The lowest BCUT2D eigenvalue weighted by Crippen LogP contribution is -2.38. The largest absolute Gasteiger partial charge is 0.616 e. The van der Waals surface area contributed by atoms with Gasteiger partial charge in [-0.2, -0.15) is 0 Å². The first kappa shape index (κ1) is 27.4. The Morgan fingerprint density at radius 1 is 1.08 bits per heavy atom. The molecular weight excluding hydrogens is 536 g/mol. The number of carbonyl (C=O) groups excluding carboxylic acids is 1. The van der Waals surface area contributed by atoms with E-state index in [2.05, 4.69) is 9.88 Å². The van der Waals surface area contributed by atoms with E-state index in [1.165, 1.54) is 10.9 Å². The third-order valence-corrected chi connectivity index (χ3v) is 9.87. The lowest BCUT2D eigenvalue weighted by atomic mass is 10.0. The van der Waals surface area contributed by atoms with Gasteiger partial charge in [0, 0.05) is 43.4 Å². The number of pyridine rings is 1. The summed E-state index contributed by atoms with van der Waals surface area (Å²) < 4.78 is 27.1. The molecule has 3 heterocycles. The van der Waals surface area contributed by atoms with Crippen molar-refractivity contribution in [3.63, 3.8) is 0 Å². The van der Waals surface area contributed by atoms with Gasteiger partial charge in [0.2, 0.25) is 0 Å². The van der Waals surface area contributed by atoms with Crippen molar-refractivity contribution in [1.82, 2.24) is 13.9 Å². The number of piperidine rings is 1. The molecule has 0 aliphatic carbocycles. The third-order valence-electron chi connectivity index (χ3n) is 7.09. The van der Waals surface area contributed by atoms with E-state index in [9.17, 15) is 24.0 Å². The Bertz CT molecular complexity index is 1500. The van der Waals surface area contributed by atoms with Gasteiger partial charge in [-0.3, -0.25) is 19.8 Å². The van der Waals surface area contributed by atoms with E-state index < -0.39 is 33.2 Å². The number of hydrogen-bond acceptors (Lipinski definition) is 7. The van der Waals surface area contributed by atoms with E-state index in [1.807, 2.05) is 30.3 Å².